The van der Waals surface area contributed by atoms with Gasteiger partial charge in [0, 0.05) is 42.8 Å². The van der Waals surface area contributed by atoms with E-state index in [9.17, 15) is 9.59 Å². The van der Waals surface area contributed by atoms with E-state index in [-0.39, 0.29) is 16.9 Å². The van der Waals surface area contributed by atoms with Crippen LogP contribution in [0.2, 0.25) is 0 Å². The lowest BCUT2D eigenvalue weighted by molar-refractivity contribution is -0.116. The van der Waals surface area contributed by atoms with Crippen LogP contribution in [-0.4, -0.2) is 45.6 Å². The van der Waals surface area contributed by atoms with Gasteiger partial charge >= 0.3 is 0 Å². The third-order valence-corrected chi connectivity index (χ3v) is 7.17. The minimum Gasteiger partial charge on any atom is -0.355 e. The van der Waals surface area contributed by atoms with Crippen LogP contribution >= 0.6 is 23.1 Å². The Morgan fingerprint density at radius 1 is 1.14 bits per heavy atom. The summed E-state index contributed by atoms with van der Waals surface area (Å²) in [6.07, 6.45) is 7.37. The van der Waals surface area contributed by atoms with Gasteiger partial charge in [-0.15, -0.1) is 0 Å². The molecule has 4 rings (SSSR count). The molecule has 3 aromatic rings. The van der Waals surface area contributed by atoms with Gasteiger partial charge in [0.05, 0.1) is 22.0 Å². The fourth-order valence-electron chi connectivity index (χ4n) is 4.01. The van der Waals surface area contributed by atoms with Crippen LogP contribution in [0, 0.1) is 0 Å². The lowest BCUT2D eigenvalue weighted by atomic mass is 9.91. The van der Waals surface area contributed by atoms with Gasteiger partial charge in [0.2, 0.25) is 5.95 Å². The van der Waals surface area contributed by atoms with Crippen molar-refractivity contribution in [2.75, 3.05) is 12.4 Å². The van der Waals surface area contributed by atoms with Crippen molar-refractivity contribution in [2.24, 2.45) is 0 Å². The van der Waals surface area contributed by atoms with E-state index in [0.717, 1.165) is 60.9 Å². The molecule has 10 heteroatoms. The van der Waals surface area contributed by atoms with E-state index in [1.54, 1.807) is 29.7 Å². The van der Waals surface area contributed by atoms with Crippen molar-refractivity contribution in [2.45, 2.75) is 44.3 Å². The Morgan fingerprint density at radius 3 is 2.71 bits per heavy atom. The zero-order valence-corrected chi connectivity index (χ0v) is 21.1. The van der Waals surface area contributed by atoms with Crippen LogP contribution in [0.15, 0.2) is 52.2 Å². The fraction of sp³-hybridized carbons (Fsp3) is 0.320. The van der Waals surface area contributed by atoms with Crippen LogP contribution in [0.25, 0.3) is 17.3 Å². The quantitative estimate of drug-likeness (QED) is 0.277. The maximum Gasteiger partial charge on any atom is 0.257 e. The van der Waals surface area contributed by atoms with Crippen molar-refractivity contribution >= 4 is 46.6 Å². The molecule has 3 aromatic heterocycles. The number of pyridine rings is 1. The predicted octanol–water partition coefficient (Wildman–Crippen LogP) is 4.12. The normalized spacial score (nSPS) is 18.1. The third kappa shape index (κ3) is 7.20. The molecule has 0 aliphatic heterocycles. The molecule has 0 bridgehead atoms. The highest BCUT2D eigenvalue weighted by Gasteiger charge is 2.21. The second kappa shape index (κ2) is 12.6. The van der Waals surface area contributed by atoms with E-state index in [2.05, 4.69) is 60.9 Å². The van der Waals surface area contributed by atoms with Gasteiger partial charge in [0.25, 0.3) is 5.91 Å². The summed E-state index contributed by atoms with van der Waals surface area (Å²) in [5.41, 5.74) is 4.43. The summed E-state index contributed by atoms with van der Waals surface area (Å²) in [6.45, 7) is 0.755. The molecule has 1 aliphatic carbocycles. The monoisotopic (exact) mass is 508 g/mol. The van der Waals surface area contributed by atoms with Crippen LogP contribution in [-0.2, 0) is 16.1 Å². The highest BCUT2D eigenvalue weighted by Crippen LogP contribution is 2.23. The largest absolute Gasteiger partial charge is 0.355 e. The summed E-state index contributed by atoms with van der Waals surface area (Å²) in [6, 6.07) is 10.7. The molecule has 0 atom stereocenters. The highest BCUT2D eigenvalue weighted by molar-refractivity contribution is 8.16. The molecular weight excluding hydrogens is 480 g/mol. The number of amides is 1. The minimum absolute atomic E-state index is 0.286. The van der Waals surface area contributed by atoms with Crippen LogP contribution in [0.5, 0.6) is 0 Å². The molecule has 3 N–H and O–H groups in total. The number of hydrogen-bond donors (Lipinski definition) is 3. The van der Waals surface area contributed by atoms with Crippen molar-refractivity contribution in [1.82, 2.24) is 25.6 Å². The molecule has 0 radical (unpaired) electrons. The summed E-state index contributed by atoms with van der Waals surface area (Å²) < 4.78 is 0. The van der Waals surface area contributed by atoms with Gasteiger partial charge in [0.15, 0.2) is 5.62 Å². The van der Waals surface area contributed by atoms with E-state index in [1.807, 2.05) is 0 Å². The number of thiophene rings is 1. The number of anilines is 1. The van der Waals surface area contributed by atoms with Gasteiger partial charge in [-0.25, -0.2) is 9.97 Å². The van der Waals surface area contributed by atoms with Crippen molar-refractivity contribution in [1.29, 1.82) is 0 Å². The Labute approximate surface area is 213 Å². The molecule has 1 fully saturated rings. The second-order valence-electron chi connectivity index (χ2n) is 8.21. The molecule has 0 saturated heterocycles. The molecule has 3 heterocycles. The van der Waals surface area contributed by atoms with Gasteiger partial charge in [-0.2, -0.15) is 11.3 Å². The number of carbonyl (C=O) groups excluding carboxylic acids is 2. The van der Waals surface area contributed by atoms with E-state index >= 15 is 0 Å². The highest BCUT2D eigenvalue weighted by atomic mass is 32.2. The Hall–Kier alpha value is -3.08. The second-order valence-corrected chi connectivity index (χ2v) is 9.85. The summed E-state index contributed by atoms with van der Waals surface area (Å²) in [5.74, 6) is 0.200. The maximum atomic E-state index is 11.9. The van der Waals surface area contributed by atoms with Crippen molar-refractivity contribution in [3.63, 3.8) is 0 Å². The zero-order valence-electron chi connectivity index (χ0n) is 19.4. The number of aromatic nitrogens is 3. The van der Waals surface area contributed by atoms with E-state index < -0.39 is 0 Å². The van der Waals surface area contributed by atoms with Gasteiger partial charge in [-0.05, 0) is 73.2 Å². The van der Waals surface area contributed by atoms with E-state index in [4.69, 9.17) is 4.98 Å². The Balaban J connectivity index is 1.27. The standard InChI is InChI=1S/C25H28N6O2S2/c1-26-24(33)23(35-16-32)13-20-9-11-27-25(31-20)30-19-7-5-18(6-8-19)28-14-21-3-2-4-22(29-21)17-10-12-34-15-17/h2-4,9-13,15-16,18-19,28H,5-8,14H2,1H3,(H,26,33)(H,27,30,31)/b23-13-. The Morgan fingerprint density at radius 2 is 1.97 bits per heavy atom. The van der Waals surface area contributed by atoms with Crippen LogP contribution in [0.4, 0.5) is 5.95 Å². The number of likely N-dealkylation sites (N-methyl/N-ethyl adjacent to an activating group) is 1. The van der Waals surface area contributed by atoms with Gasteiger partial charge in [-0.1, -0.05) is 6.07 Å². The molecule has 0 spiro atoms. The summed E-state index contributed by atoms with van der Waals surface area (Å²) >= 11 is 2.51. The first-order chi connectivity index (χ1) is 17.1. The van der Waals surface area contributed by atoms with Crippen molar-refractivity contribution in [3.05, 3.63) is 63.6 Å². The molecule has 1 amide bonds. The van der Waals surface area contributed by atoms with E-state index in [1.165, 1.54) is 7.05 Å². The summed E-state index contributed by atoms with van der Waals surface area (Å²) in [5, 5.41) is 13.8. The summed E-state index contributed by atoms with van der Waals surface area (Å²) in [4.78, 5) is 36.7. The van der Waals surface area contributed by atoms with E-state index in [0.29, 0.717) is 23.3 Å². The average Bonchev–Trinajstić information content (AvgIpc) is 3.43. The van der Waals surface area contributed by atoms with Crippen LogP contribution < -0.4 is 16.0 Å². The SMILES string of the molecule is CNC(=O)/C(=C/c1ccnc(NC2CCC(NCc3cccc(-c4ccsc4)n3)CC2)n1)SC=O. The number of hydrogen-bond acceptors (Lipinski definition) is 9. The van der Waals surface area contributed by atoms with Gasteiger partial charge < -0.3 is 16.0 Å². The first-order valence-electron chi connectivity index (χ1n) is 11.5. The zero-order chi connectivity index (χ0) is 24.5. The number of nitrogens with zero attached hydrogens (tertiary/aromatic N) is 3. The minimum atomic E-state index is -0.325. The average molecular weight is 509 g/mol. The van der Waals surface area contributed by atoms with Crippen molar-refractivity contribution in [3.8, 4) is 11.3 Å². The number of rotatable bonds is 10. The molecule has 1 saturated carbocycles. The third-order valence-electron chi connectivity index (χ3n) is 5.84. The summed E-state index contributed by atoms with van der Waals surface area (Å²) in [7, 11) is 1.53. The van der Waals surface area contributed by atoms with Gasteiger partial charge in [-0.3, -0.25) is 14.6 Å². The topological polar surface area (TPSA) is 109 Å². The lowest BCUT2D eigenvalue weighted by Crippen LogP contribution is -2.37. The Kier molecular flexibility index (Phi) is 8.99. The molecule has 35 heavy (non-hydrogen) atoms. The maximum absolute atomic E-state index is 11.9. The smallest absolute Gasteiger partial charge is 0.257 e. The predicted molar refractivity (Wildman–Crippen MR) is 142 cm³/mol. The lowest BCUT2D eigenvalue weighted by Gasteiger charge is -2.29. The first-order valence-corrected chi connectivity index (χ1v) is 13.3. The van der Waals surface area contributed by atoms with Crippen LogP contribution in [0.1, 0.15) is 37.1 Å². The molecule has 8 nitrogen and oxygen atoms in total. The molecule has 1 aliphatic rings. The molecular formula is C25H28N6O2S2. The van der Waals surface area contributed by atoms with Crippen LogP contribution in [0.3, 0.4) is 0 Å². The fourth-order valence-corrected chi connectivity index (χ4v) is 5.16. The molecule has 0 unspecified atom stereocenters. The van der Waals surface area contributed by atoms with Crippen molar-refractivity contribution < 1.29 is 9.59 Å². The number of carbonyl (C=O) groups is 2. The Bertz CT molecular complexity index is 1160. The molecule has 182 valence electrons. The first kappa shape index (κ1) is 25.0. The van der Waals surface area contributed by atoms with Gasteiger partial charge in [0.1, 0.15) is 0 Å². The molecule has 0 aromatic carbocycles. The number of thioether (sulfide) groups is 1. The number of nitrogens with one attached hydrogen (secondary N) is 3.